The van der Waals surface area contributed by atoms with E-state index in [0.717, 1.165) is 25.2 Å². The van der Waals surface area contributed by atoms with Crippen LogP contribution in [0.2, 0.25) is 0 Å². The van der Waals surface area contributed by atoms with Crippen molar-refractivity contribution >= 4 is 0 Å². The smallest absolute Gasteiger partial charge is 0.137 e. The van der Waals surface area contributed by atoms with Gasteiger partial charge in [0, 0.05) is 12.5 Å². The molecule has 0 unspecified atom stereocenters. The summed E-state index contributed by atoms with van der Waals surface area (Å²) in [4.78, 5) is 4.04. The number of nitrogens with zero attached hydrogens (tertiary/aromatic N) is 2. The minimum Gasteiger partial charge on any atom is -0.315 e. The van der Waals surface area contributed by atoms with Crippen LogP contribution < -0.4 is 5.32 Å². The van der Waals surface area contributed by atoms with Crippen molar-refractivity contribution < 1.29 is 0 Å². The molecule has 1 heterocycles. The molecule has 68 valence electrons. The number of nitrogens with one attached hydrogen (secondary N) is 2. The molecule has 4 nitrogen and oxygen atoms in total. The standard InChI is InChI=1S/C8H16N4/c1-7(2)9-5-3-4-8-10-6-11-12-8/h6-7,9H,3-5H2,1-2H3,(H,10,11,12). The minimum atomic E-state index is 0.569. The molecule has 1 aromatic heterocycles. The van der Waals surface area contributed by atoms with Crippen LogP contribution in [-0.4, -0.2) is 27.8 Å². The predicted octanol–water partition coefficient (Wildman–Crippen LogP) is 0.735. The molecular formula is C8H16N4. The van der Waals surface area contributed by atoms with Crippen LogP contribution in [0.15, 0.2) is 6.33 Å². The summed E-state index contributed by atoms with van der Waals surface area (Å²) in [6, 6.07) is 0.569. The first kappa shape index (κ1) is 9.19. The number of aryl methyl sites for hydroxylation is 1. The third-order valence-corrected chi connectivity index (χ3v) is 1.61. The van der Waals surface area contributed by atoms with E-state index in [1.807, 2.05) is 0 Å². The van der Waals surface area contributed by atoms with Gasteiger partial charge in [-0.1, -0.05) is 13.8 Å². The van der Waals surface area contributed by atoms with E-state index in [0.29, 0.717) is 6.04 Å². The second-order valence-corrected chi connectivity index (χ2v) is 3.14. The Morgan fingerprint density at radius 2 is 2.42 bits per heavy atom. The summed E-state index contributed by atoms with van der Waals surface area (Å²) in [6.45, 7) is 5.33. The van der Waals surface area contributed by atoms with Gasteiger partial charge in [-0.2, -0.15) is 5.10 Å². The third kappa shape index (κ3) is 3.48. The molecule has 0 saturated heterocycles. The van der Waals surface area contributed by atoms with Crippen LogP contribution >= 0.6 is 0 Å². The number of rotatable bonds is 5. The summed E-state index contributed by atoms with van der Waals surface area (Å²) >= 11 is 0. The summed E-state index contributed by atoms with van der Waals surface area (Å²) in [5, 5.41) is 9.96. The maximum absolute atomic E-state index is 4.04. The van der Waals surface area contributed by atoms with Gasteiger partial charge in [0.25, 0.3) is 0 Å². The Bertz CT molecular complexity index is 193. The Morgan fingerprint density at radius 1 is 1.58 bits per heavy atom. The molecule has 12 heavy (non-hydrogen) atoms. The summed E-state index contributed by atoms with van der Waals surface area (Å²) in [6.07, 6.45) is 3.62. The van der Waals surface area contributed by atoms with Gasteiger partial charge in [-0.05, 0) is 13.0 Å². The second-order valence-electron chi connectivity index (χ2n) is 3.14. The van der Waals surface area contributed by atoms with Gasteiger partial charge >= 0.3 is 0 Å². The predicted molar refractivity (Wildman–Crippen MR) is 47.8 cm³/mol. The van der Waals surface area contributed by atoms with Gasteiger partial charge in [-0.3, -0.25) is 5.10 Å². The number of aromatic amines is 1. The quantitative estimate of drug-likeness (QED) is 0.637. The molecule has 1 aromatic rings. The van der Waals surface area contributed by atoms with E-state index in [-0.39, 0.29) is 0 Å². The lowest BCUT2D eigenvalue weighted by atomic mass is 10.3. The molecule has 0 atom stereocenters. The van der Waals surface area contributed by atoms with Gasteiger partial charge in [0.05, 0.1) is 0 Å². The molecule has 0 aromatic carbocycles. The van der Waals surface area contributed by atoms with E-state index >= 15 is 0 Å². The van der Waals surface area contributed by atoms with Gasteiger partial charge in [-0.25, -0.2) is 4.98 Å². The third-order valence-electron chi connectivity index (χ3n) is 1.61. The van der Waals surface area contributed by atoms with Gasteiger partial charge < -0.3 is 5.32 Å². The second kappa shape index (κ2) is 4.87. The van der Waals surface area contributed by atoms with Crippen LogP contribution in [-0.2, 0) is 6.42 Å². The summed E-state index contributed by atoms with van der Waals surface area (Å²) in [5.74, 6) is 0.973. The first-order valence-corrected chi connectivity index (χ1v) is 4.36. The van der Waals surface area contributed by atoms with Crippen LogP contribution in [0, 0.1) is 0 Å². The van der Waals surface area contributed by atoms with Crippen molar-refractivity contribution in [3.63, 3.8) is 0 Å². The van der Waals surface area contributed by atoms with Crippen LogP contribution in [0.1, 0.15) is 26.1 Å². The molecule has 0 amide bonds. The Morgan fingerprint density at radius 3 is 3.00 bits per heavy atom. The maximum atomic E-state index is 4.04. The highest BCUT2D eigenvalue weighted by Gasteiger charge is 1.95. The van der Waals surface area contributed by atoms with E-state index in [4.69, 9.17) is 0 Å². The summed E-state index contributed by atoms with van der Waals surface area (Å²) < 4.78 is 0. The number of aromatic nitrogens is 3. The van der Waals surface area contributed by atoms with Crippen molar-refractivity contribution in [3.05, 3.63) is 12.2 Å². The molecule has 1 rings (SSSR count). The molecule has 0 aliphatic heterocycles. The van der Waals surface area contributed by atoms with E-state index in [9.17, 15) is 0 Å². The van der Waals surface area contributed by atoms with Crippen molar-refractivity contribution in [2.75, 3.05) is 6.54 Å². The van der Waals surface area contributed by atoms with E-state index in [1.54, 1.807) is 6.33 Å². The van der Waals surface area contributed by atoms with Crippen molar-refractivity contribution in [1.29, 1.82) is 0 Å². The molecule has 0 fully saturated rings. The van der Waals surface area contributed by atoms with Gasteiger partial charge in [-0.15, -0.1) is 0 Å². The average molecular weight is 168 g/mol. The highest BCUT2D eigenvalue weighted by molar-refractivity contribution is 4.79. The fourth-order valence-electron chi connectivity index (χ4n) is 0.998. The summed E-state index contributed by atoms with van der Waals surface area (Å²) in [7, 11) is 0. The van der Waals surface area contributed by atoms with Crippen molar-refractivity contribution in [1.82, 2.24) is 20.5 Å². The highest BCUT2D eigenvalue weighted by atomic mass is 15.2. The normalized spacial score (nSPS) is 10.9. The van der Waals surface area contributed by atoms with Gasteiger partial charge in [0.1, 0.15) is 12.2 Å². The topological polar surface area (TPSA) is 53.6 Å². The van der Waals surface area contributed by atoms with E-state index in [1.165, 1.54) is 0 Å². The molecule has 2 N–H and O–H groups in total. The zero-order chi connectivity index (χ0) is 8.81. The number of hydrogen-bond acceptors (Lipinski definition) is 3. The fourth-order valence-corrected chi connectivity index (χ4v) is 0.998. The van der Waals surface area contributed by atoms with Crippen LogP contribution in [0.5, 0.6) is 0 Å². The van der Waals surface area contributed by atoms with Crippen molar-refractivity contribution in [3.8, 4) is 0 Å². The lowest BCUT2D eigenvalue weighted by Crippen LogP contribution is -2.24. The molecule has 0 aliphatic carbocycles. The van der Waals surface area contributed by atoms with E-state index in [2.05, 4.69) is 34.3 Å². The molecule has 0 saturated carbocycles. The van der Waals surface area contributed by atoms with Gasteiger partial charge in [0.15, 0.2) is 0 Å². The number of H-pyrrole nitrogens is 1. The zero-order valence-corrected chi connectivity index (χ0v) is 7.67. The Balaban J connectivity index is 2.04. The van der Waals surface area contributed by atoms with Crippen LogP contribution in [0.25, 0.3) is 0 Å². The first-order valence-electron chi connectivity index (χ1n) is 4.36. The summed E-state index contributed by atoms with van der Waals surface area (Å²) in [5.41, 5.74) is 0. The van der Waals surface area contributed by atoms with Crippen LogP contribution in [0.4, 0.5) is 0 Å². The lowest BCUT2D eigenvalue weighted by molar-refractivity contribution is 0.566. The Kier molecular flexibility index (Phi) is 3.73. The molecule has 0 spiro atoms. The van der Waals surface area contributed by atoms with Crippen molar-refractivity contribution in [2.45, 2.75) is 32.7 Å². The lowest BCUT2D eigenvalue weighted by Gasteiger charge is -2.05. The van der Waals surface area contributed by atoms with Gasteiger partial charge in [0.2, 0.25) is 0 Å². The van der Waals surface area contributed by atoms with E-state index < -0.39 is 0 Å². The monoisotopic (exact) mass is 168 g/mol. The average Bonchev–Trinajstić information content (AvgIpc) is 2.49. The Hall–Kier alpha value is -0.900. The number of hydrogen-bond donors (Lipinski definition) is 2. The maximum Gasteiger partial charge on any atom is 0.137 e. The Labute approximate surface area is 72.8 Å². The minimum absolute atomic E-state index is 0.569. The molecule has 0 radical (unpaired) electrons. The SMILES string of the molecule is CC(C)NCCCc1ncn[nH]1. The van der Waals surface area contributed by atoms with Crippen molar-refractivity contribution in [2.24, 2.45) is 0 Å². The largest absolute Gasteiger partial charge is 0.315 e. The first-order chi connectivity index (χ1) is 5.79. The molecule has 4 heteroatoms. The molecule has 0 aliphatic rings. The molecule has 0 bridgehead atoms. The highest BCUT2D eigenvalue weighted by Crippen LogP contribution is 1.91. The zero-order valence-electron chi connectivity index (χ0n) is 7.67. The molecular weight excluding hydrogens is 152 g/mol. The van der Waals surface area contributed by atoms with Crippen LogP contribution in [0.3, 0.4) is 0 Å². The fraction of sp³-hybridized carbons (Fsp3) is 0.750.